The van der Waals surface area contributed by atoms with E-state index in [0.29, 0.717) is 12.6 Å². The molecular formula is C21H32IN5S. The van der Waals surface area contributed by atoms with Gasteiger partial charge in [0.1, 0.15) is 0 Å². The largest absolute Gasteiger partial charge is 0.357 e. The van der Waals surface area contributed by atoms with Crippen LogP contribution in [0.5, 0.6) is 0 Å². The molecule has 2 aromatic rings. The summed E-state index contributed by atoms with van der Waals surface area (Å²) < 4.78 is 0. The van der Waals surface area contributed by atoms with Crippen LogP contribution in [0.3, 0.4) is 0 Å². The van der Waals surface area contributed by atoms with E-state index in [9.17, 15) is 0 Å². The highest BCUT2D eigenvalue weighted by Crippen LogP contribution is 2.24. The fourth-order valence-corrected chi connectivity index (χ4v) is 4.45. The molecule has 1 aromatic carbocycles. The van der Waals surface area contributed by atoms with Gasteiger partial charge >= 0.3 is 0 Å². The summed E-state index contributed by atoms with van der Waals surface area (Å²) in [4.78, 5) is 13.1. The SMILES string of the molecule is CCNC(=NCc1sc(C)nc1C)NCC(c1ccccc1)N1CCCC1.I. The van der Waals surface area contributed by atoms with Crippen LogP contribution in [0.1, 0.15) is 46.9 Å². The van der Waals surface area contributed by atoms with Crippen molar-refractivity contribution in [1.82, 2.24) is 20.5 Å². The number of halogens is 1. The Morgan fingerprint density at radius 3 is 2.50 bits per heavy atom. The predicted molar refractivity (Wildman–Crippen MR) is 130 cm³/mol. The molecule has 0 amide bonds. The summed E-state index contributed by atoms with van der Waals surface area (Å²) in [7, 11) is 0. The van der Waals surface area contributed by atoms with Crippen molar-refractivity contribution in [3.05, 3.63) is 51.5 Å². The van der Waals surface area contributed by atoms with Crippen LogP contribution < -0.4 is 10.6 Å². The molecule has 1 aliphatic heterocycles. The fourth-order valence-electron chi connectivity index (χ4n) is 3.59. The van der Waals surface area contributed by atoms with Crippen LogP contribution in [0.2, 0.25) is 0 Å². The highest BCUT2D eigenvalue weighted by atomic mass is 127. The lowest BCUT2D eigenvalue weighted by molar-refractivity contribution is 0.245. The predicted octanol–water partition coefficient (Wildman–Crippen LogP) is 4.27. The van der Waals surface area contributed by atoms with E-state index in [4.69, 9.17) is 4.99 Å². The Hall–Kier alpha value is -1.19. The maximum Gasteiger partial charge on any atom is 0.191 e. The van der Waals surface area contributed by atoms with Crippen molar-refractivity contribution in [3.63, 3.8) is 0 Å². The van der Waals surface area contributed by atoms with E-state index in [-0.39, 0.29) is 24.0 Å². The molecule has 28 heavy (non-hydrogen) atoms. The lowest BCUT2D eigenvalue weighted by Gasteiger charge is -2.29. The normalized spacial score (nSPS) is 15.9. The van der Waals surface area contributed by atoms with Gasteiger partial charge in [-0.1, -0.05) is 30.3 Å². The molecule has 1 fully saturated rings. The molecule has 1 aliphatic rings. The van der Waals surface area contributed by atoms with Crippen LogP contribution in [0.4, 0.5) is 0 Å². The Kier molecular flexibility index (Phi) is 9.67. The zero-order valence-corrected chi connectivity index (χ0v) is 20.2. The van der Waals surface area contributed by atoms with Crippen LogP contribution >= 0.6 is 35.3 Å². The van der Waals surface area contributed by atoms with Gasteiger partial charge in [-0.05, 0) is 52.3 Å². The van der Waals surface area contributed by atoms with Crippen molar-refractivity contribution in [3.8, 4) is 0 Å². The fraction of sp³-hybridized carbons (Fsp3) is 0.524. The second kappa shape index (κ2) is 11.7. The molecule has 2 N–H and O–H groups in total. The van der Waals surface area contributed by atoms with Crippen LogP contribution in [-0.2, 0) is 6.54 Å². The molecule has 154 valence electrons. The van der Waals surface area contributed by atoms with Crippen molar-refractivity contribution >= 4 is 41.3 Å². The van der Waals surface area contributed by atoms with E-state index >= 15 is 0 Å². The minimum Gasteiger partial charge on any atom is -0.357 e. The number of aryl methyl sites for hydroxylation is 2. The Bertz CT molecular complexity index is 741. The molecule has 0 radical (unpaired) electrons. The summed E-state index contributed by atoms with van der Waals surface area (Å²) in [5.74, 6) is 0.878. The number of guanidine groups is 1. The van der Waals surface area contributed by atoms with Crippen LogP contribution in [0.25, 0.3) is 0 Å². The van der Waals surface area contributed by atoms with Gasteiger partial charge in [0, 0.05) is 18.0 Å². The van der Waals surface area contributed by atoms with Gasteiger partial charge in [-0.2, -0.15) is 0 Å². The Morgan fingerprint density at radius 2 is 1.89 bits per heavy atom. The minimum atomic E-state index is 0. The first-order chi connectivity index (χ1) is 13.2. The smallest absolute Gasteiger partial charge is 0.191 e. The van der Waals surface area contributed by atoms with Gasteiger partial charge in [-0.3, -0.25) is 4.90 Å². The molecule has 1 saturated heterocycles. The van der Waals surface area contributed by atoms with E-state index in [2.05, 4.69) is 71.6 Å². The van der Waals surface area contributed by atoms with Crippen LogP contribution in [0.15, 0.2) is 35.3 Å². The van der Waals surface area contributed by atoms with Crippen LogP contribution in [-0.4, -0.2) is 42.0 Å². The number of hydrogen-bond donors (Lipinski definition) is 2. The Labute approximate surface area is 190 Å². The molecule has 0 bridgehead atoms. The number of aliphatic imine (C=N–C) groups is 1. The van der Waals surface area contributed by atoms with Crippen molar-refractivity contribution in [2.75, 3.05) is 26.2 Å². The minimum absolute atomic E-state index is 0. The molecule has 3 rings (SSSR count). The maximum absolute atomic E-state index is 4.80. The maximum atomic E-state index is 4.80. The molecule has 1 atom stereocenters. The van der Waals surface area contributed by atoms with E-state index in [1.165, 1.54) is 36.4 Å². The van der Waals surface area contributed by atoms with Crippen molar-refractivity contribution in [1.29, 1.82) is 0 Å². The summed E-state index contributed by atoms with van der Waals surface area (Å²) in [6, 6.07) is 11.2. The highest BCUT2D eigenvalue weighted by molar-refractivity contribution is 14.0. The lowest BCUT2D eigenvalue weighted by atomic mass is 10.1. The molecule has 7 heteroatoms. The van der Waals surface area contributed by atoms with E-state index in [1.807, 2.05) is 0 Å². The second-order valence-corrected chi connectivity index (χ2v) is 8.27. The highest BCUT2D eigenvalue weighted by Gasteiger charge is 2.23. The molecule has 0 spiro atoms. The summed E-state index contributed by atoms with van der Waals surface area (Å²) in [5.41, 5.74) is 2.47. The zero-order valence-electron chi connectivity index (χ0n) is 17.1. The lowest BCUT2D eigenvalue weighted by Crippen LogP contribution is -2.42. The first-order valence-corrected chi connectivity index (χ1v) is 10.7. The first-order valence-electron chi connectivity index (χ1n) is 9.91. The third-order valence-corrected chi connectivity index (χ3v) is 6.01. The van der Waals surface area contributed by atoms with Crippen molar-refractivity contribution < 1.29 is 0 Å². The number of hydrogen-bond acceptors (Lipinski definition) is 4. The number of likely N-dealkylation sites (tertiary alicyclic amines) is 1. The number of benzene rings is 1. The summed E-state index contributed by atoms with van der Waals surface area (Å²) >= 11 is 1.73. The van der Waals surface area contributed by atoms with Gasteiger partial charge in [-0.15, -0.1) is 35.3 Å². The monoisotopic (exact) mass is 513 g/mol. The van der Waals surface area contributed by atoms with Gasteiger partial charge in [0.05, 0.1) is 23.3 Å². The van der Waals surface area contributed by atoms with Gasteiger partial charge < -0.3 is 10.6 Å². The van der Waals surface area contributed by atoms with Gasteiger partial charge in [-0.25, -0.2) is 9.98 Å². The van der Waals surface area contributed by atoms with Crippen LogP contribution in [0, 0.1) is 13.8 Å². The number of nitrogens with one attached hydrogen (secondary N) is 2. The number of aromatic nitrogens is 1. The second-order valence-electron chi connectivity index (χ2n) is 6.99. The van der Waals surface area contributed by atoms with Crippen molar-refractivity contribution in [2.24, 2.45) is 4.99 Å². The third kappa shape index (κ3) is 6.42. The average molecular weight is 513 g/mol. The summed E-state index contributed by atoms with van der Waals surface area (Å²) in [6.07, 6.45) is 2.59. The standard InChI is InChI=1S/C21H31N5S.HI/c1-4-22-21(24-15-20-16(2)25-17(3)27-20)23-14-19(26-12-8-9-13-26)18-10-6-5-7-11-18;/h5-7,10-11,19H,4,8-9,12-15H2,1-3H3,(H2,22,23,24);1H. The molecule has 5 nitrogen and oxygen atoms in total. The molecule has 0 aliphatic carbocycles. The molecule has 1 unspecified atom stereocenters. The van der Waals surface area contributed by atoms with E-state index < -0.39 is 0 Å². The third-order valence-electron chi connectivity index (χ3n) is 4.95. The topological polar surface area (TPSA) is 52.6 Å². The van der Waals surface area contributed by atoms with Crippen molar-refractivity contribution in [2.45, 2.75) is 46.2 Å². The Morgan fingerprint density at radius 1 is 1.18 bits per heavy atom. The number of rotatable bonds is 7. The summed E-state index contributed by atoms with van der Waals surface area (Å²) in [6.45, 7) is 11.0. The number of thiazole rings is 1. The molecular weight excluding hydrogens is 481 g/mol. The number of nitrogens with zero attached hydrogens (tertiary/aromatic N) is 3. The van der Waals surface area contributed by atoms with E-state index in [0.717, 1.165) is 29.8 Å². The summed E-state index contributed by atoms with van der Waals surface area (Å²) in [5, 5.41) is 8.06. The zero-order chi connectivity index (χ0) is 19.1. The van der Waals surface area contributed by atoms with Gasteiger partial charge in [0.2, 0.25) is 0 Å². The molecule has 2 heterocycles. The van der Waals surface area contributed by atoms with Gasteiger partial charge in [0.15, 0.2) is 5.96 Å². The van der Waals surface area contributed by atoms with Gasteiger partial charge in [0.25, 0.3) is 0 Å². The molecule has 0 saturated carbocycles. The average Bonchev–Trinajstić information content (AvgIpc) is 3.30. The first kappa shape index (κ1) is 23.1. The molecule has 1 aromatic heterocycles. The quantitative estimate of drug-likeness (QED) is 0.330. The van der Waals surface area contributed by atoms with E-state index in [1.54, 1.807) is 11.3 Å². The Balaban J connectivity index is 0.00000280.